The zero-order chi connectivity index (χ0) is 11.3. The smallest absolute Gasteiger partial charge is 0.127 e. The molecule has 1 aromatic carbocycles. The lowest BCUT2D eigenvalue weighted by Crippen LogP contribution is -2.25. The molecule has 84 valence electrons. The molecule has 0 saturated heterocycles. The fraction of sp³-hybridized carbons (Fsp3) is 0.455. The zero-order valence-corrected chi connectivity index (χ0v) is 11.0. The van der Waals surface area contributed by atoms with Crippen LogP contribution in [-0.2, 0) is 6.54 Å². The van der Waals surface area contributed by atoms with E-state index in [4.69, 9.17) is 11.6 Å². The molecule has 0 aliphatic rings. The van der Waals surface area contributed by atoms with Crippen molar-refractivity contribution in [2.24, 2.45) is 0 Å². The summed E-state index contributed by atoms with van der Waals surface area (Å²) in [6.07, 6.45) is 0. The van der Waals surface area contributed by atoms with Gasteiger partial charge in [0.25, 0.3) is 0 Å². The molecule has 0 radical (unpaired) electrons. The Labute approximate surface area is 103 Å². The highest BCUT2D eigenvalue weighted by molar-refractivity contribution is 9.10. The van der Waals surface area contributed by atoms with Crippen molar-refractivity contribution in [1.82, 2.24) is 4.90 Å². The Morgan fingerprint density at radius 2 is 2.20 bits per heavy atom. The van der Waals surface area contributed by atoms with Gasteiger partial charge in [-0.1, -0.05) is 22.9 Å². The number of benzene rings is 1. The van der Waals surface area contributed by atoms with E-state index in [2.05, 4.69) is 20.8 Å². The average Bonchev–Trinajstić information content (AvgIpc) is 2.22. The Kier molecular flexibility index (Phi) is 5.58. The van der Waals surface area contributed by atoms with Crippen LogP contribution in [0.3, 0.4) is 0 Å². The van der Waals surface area contributed by atoms with Gasteiger partial charge >= 0.3 is 0 Å². The number of alkyl halides is 1. The third kappa shape index (κ3) is 4.09. The third-order valence-electron chi connectivity index (χ3n) is 2.25. The van der Waals surface area contributed by atoms with E-state index in [1.165, 1.54) is 6.07 Å². The van der Waals surface area contributed by atoms with Gasteiger partial charge in [0.2, 0.25) is 0 Å². The largest absolute Gasteiger partial charge is 0.298 e. The first kappa shape index (κ1) is 12.9. The van der Waals surface area contributed by atoms with Crippen LogP contribution in [0.25, 0.3) is 0 Å². The van der Waals surface area contributed by atoms with Gasteiger partial charge in [-0.3, -0.25) is 4.90 Å². The Morgan fingerprint density at radius 1 is 1.47 bits per heavy atom. The van der Waals surface area contributed by atoms with Gasteiger partial charge < -0.3 is 0 Å². The summed E-state index contributed by atoms with van der Waals surface area (Å²) in [5.41, 5.74) is 0.705. The predicted molar refractivity (Wildman–Crippen MR) is 65.8 cm³/mol. The van der Waals surface area contributed by atoms with Crippen molar-refractivity contribution in [3.8, 4) is 0 Å². The zero-order valence-electron chi connectivity index (χ0n) is 8.64. The molecule has 1 aromatic rings. The minimum Gasteiger partial charge on any atom is -0.298 e. The SMILES string of the molecule is CCN(CCCl)Cc1cc(Br)ccc1F. The predicted octanol–water partition coefficient (Wildman–Crippen LogP) is 3.65. The summed E-state index contributed by atoms with van der Waals surface area (Å²) in [5.74, 6) is 0.412. The monoisotopic (exact) mass is 293 g/mol. The van der Waals surface area contributed by atoms with Crippen molar-refractivity contribution < 1.29 is 4.39 Å². The molecule has 0 amide bonds. The molecule has 0 fully saturated rings. The van der Waals surface area contributed by atoms with Crippen molar-refractivity contribution >= 4 is 27.5 Å². The molecule has 0 N–H and O–H groups in total. The van der Waals surface area contributed by atoms with Crippen LogP contribution < -0.4 is 0 Å². The minimum absolute atomic E-state index is 0.161. The number of halogens is 3. The second-order valence-corrected chi connectivity index (χ2v) is 4.59. The van der Waals surface area contributed by atoms with E-state index in [1.54, 1.807) is 6.07 Å². The molecule has 0 bridgehead atoms. The van der Waals surface area contributed by atoms with Gasteiger partial charge in [-0.05, 0) is 24.7 Å². The average molecular weight is 295 g/mol. The topological polar surface area (TPSA) is 3.24 Å². The van der Waals surface area contributed by atoms with Gasteiger partial charge in [-0.2, -0.15) is 0 Å². The molecular weight excluding hydrogens is 280 g/mol. The molecule has 0 saturated carbocycles. The highest BCUT2D eigenvalue weighted by Gasteiger charge is 2.07. The first-order valence-corrected chi connectivity index (χ1v) is 6.22. The van der Waals surface area contributed by atoms with Crippen molar-refractivity contribution in [3.63, 3.8) is 0 Å². The fourth-order valence-corrected chi connectivity index (χ4v) is 2.02. The van der Waals surface area contributed by atoms with E-state index in [0.717, 1.165) is 17.6 Å². The van der Waals surface area contributed by atoms with Crippen molar-refractivity contribution in [2.75, 3.05) is 19.0 Å². The maximum Gasteiger partial charge on any atom is 0.127 e. The summed E-state index contributed by atoms with van der Waals surface area (Å²) in [7, 11) is 0. The van der Waals surface area contributed by atoms with E-state index in [-0.39, 0.29) is 5.82 Å². The van der Waals surface area contributed by atoms with Crippen LogP contribution in [0.1, 0.15) is 12.5 Å². The maximum absolute atomic E-state index is 13.4. The fourth-order valence-electron chi connectivity index (χ4n) is 1.37. The highest BCUT2D eigenvalue weighted by atomic mass is 79.9. The van der Waals surface area contributed by atoms with E-state index in [1.807, 2.05) is 13.0 Å². The van der Waals surface area contributed by atoms with E-state index < -0.39 is 0 Å². The van der Waals surface area contributed by atoms with E-state index in [9.17, 15) is 4.39 Å². The van der Waals surface area contributed by atoms with Crippen LogP contribution in [0, 0.1) is 5.82 Å². The van der Waals surface area contributed by atoms with Crippen LogP contribution in [0.5, 0.6) is 0 Å². The van der Waals surface area contributed by atoms with Crippen molar-refractivity contribution in [1.29, 1.82) is 0 Å². The maximum atomic E-state index is 13.4. The molecule has 0 heterocycles. The van der Waals surface area contributed by atoms with Crippen LogP contribution in [0.15, 0.2) is 22.7 Å². The Balaban J connectivity index is 2.73. The standard InChI is InChI=1S/C11H14BrClFN/c1-2-15(6-5-13)8-9-7-10(12)3-4-11(9)14/h3-4,7H,2,5-6,8H2,1H3. The van der Waals surface area contributed by atoms with Gasteiger partial charge in [-0.25, -0.2) is 4.39 Å². The van der Waals surface area contributed by atoms with Crippen LogP contribution in [-0.4, -0.2) is 23.9 Å². The van der Waals surface area contributed by atoms with E-state index >= 15 is 0 Å². The lowest BCUT2D eigenvalue weighted by molar-refractivity contribution is 0.293. The van der Waals surface area contributed by atoms with Crippen LogP contribution >= 0.6 is 27.5 Å². The summed E-state index contributed by atoms with van der Waals surface area (Å²) < 4.78 is 14.3. The number of hydrogen-bond donors (Lipinski definition) is 0. The minimum atomic E-state index is -0.161. The van der Waals surface area contributed by atoms with E-state index in [0.29, 0.717) is 18.0 Å². The number of rotatable bonds is 5. The van der Waals surface area contributed by atoms with Gasteiger partial charge in [-0.15, -0.1) is 11.6 Å². The lowest BCUT2D eigenvalue weighted by atomic mass is 10.2. The molecule has 0 atom stereocenters. The van der Waals surface area contributed by atoms with Crippen LogP contribution in [0.4, 0.5) is 4.39 Å². The van der Waals surface area contributed by atoms with Crippen molar-refractivity contribution in [2.45, 2.75) is 13.5 Å². The second-order valence-electron chi connectivity index (χ2n) is 3.29. The third-order valence-corrected chi connectivity index (χ3v) is 2.91. The lowest BCUT2D eigenvalue weighted by Gasteiger charge is -2.19. The first-order valence-electron chi connectivity index (χ1n) is 4.89. The van der Waals surface area contributed by atoms with Gasteiger partial charge in [0, 0.05) is 29.0 Å². The molecule has 0 spiro atoms. The normalized spacial score (nSPS) is 11.0. The summed E-state index contributed by atoms with van der Waals surface area (Å²) >= 11 is 9.00. The summed E-state index contributed by atoms with van der Waals surface area (Å²) in [5, 5.41) is 0. The number of nitrogens with zero attached hydrogens (tertiary/aromatic N) is 1. The van der Waals surface area contributed by atoms with Crippen molar-refractivity contribution in [3.05, 3.63) is 34.1 Å². The quantitative estimate of drug-likeness (QED) is 0.749. The molecule has 1 nitrogen and oxygen atoms in total. The Morgan fingerprint density at radius 3 is 2.80 bits per heavy atom. The molecule has 0 aromatic heterocycles. The molecule has 1 rings (SSSR count). The Hall–Kier alpha value is -0.120. The Bertz CT molecular complexity index is 319. The first-order chi connectivity index (χ1) is 7.17. The molecule has 4 heteroatoms. The summed E-state index contributed by atoms with van der Waals surface area (Å²) in [6, 6.07) is 5.00. The van der Waals surface area contributed by atoms with Gasteiger partial charge in [0.05, 0.1) is 0 Å². The molecule has 15 heavy (non-hydrogen) atoms. The highest BCUT2D eigenvalue weighted by Crippen LogP contribution is 2.17. The molecule has 0 unspecified atom stereocenters. The summed E-state index contributed by atoms with van der Waals surface area (Å²) in [4.78, 5) is 2.11. The second kappa shape index (κ2) is 6.46. The van der Waals surface area contributed by atoms with Gasteiger partial charge in [0.1, 0.15) is 5.82 Å². The number of hydrogen-bond acceptors (Lipinski definition) is 1. The molecular formula is C11H14BrClFN. The van der Waals surface area contributed by atoms with Gasteiger partial charge in [0.15, 0.2) is 0 Å². The van der Waals surface area contributed by atoms with Crippen LogP contribution in [0.2, 0.25) is 0 Å². The summed E-state index contributed by atoms with van der Waals surface area (Å²) in [6.45, 7) is 4.31. The molecule has 0 aliphatic carbocycles. The molecule has 0 aliphatic heterocycles.